The molecule has 3 aromatic heterocycles. The number of fused-ring (bicyclic) bond motifs is 2. The van der Waals surface area contributed by atoms with Crippen molar-refractivity contribution in [1.29, 1.82) is 0 Å². The second-order valence-corrected chi connectivity index (χ2v) is 7.99. The Bertz CT molecular complexity index is 1540. The van der Waals surface area contributed by atoms with Crippen molar-refractivity contribution in [3.8, 4) is 11.5 Å². The van der Waals surface area contributed by atoms with E-state index in [0.717, 1.165) is 11.1 Å². The Morgan fingerprint density at radius 2 is 1.27 bits per heavy atom. The number of hydrogen-bond donors (Lipinski definition) is 2. The van der Waals surface area contributed by atoms with Gasteiger partial charge in [-0.25, -0.2) is 9.59 Å². The summed E-state index contributed by atoms with van der Waals surface area (Å²) >= 11 is 0. The third kappa shape index (κ3) is 3.34. The van der Waals surface area contributed by atoms with Crippen LogP contribution < -0.4 is 11.3 Å². The minimum absolute atomic E-state index is 0.209. The number of hydrogen-bond acceptors (Lipinski definition) is 7. The largest absolute Gasteiger partial charge is 0.507 e. The molecule has 5 rings (SSSR count). The molecular formula is C26H19NO6. The molecule has 0 atom stereocenters. The average Bonchev–Trinajstić information content (AvgIpc) is 2.78. The fourth-order valence-electron chi connectivity index (χ4n) is 4.11. The van der Waals surface area contributed by atoms with E-state index in [1.807, 2.05) is 13.8 Å². The predicted octanol–water partition coefficient (Wildman–Crippen LogP) is 4.50. The Balaban J connectivity index is 1.89. The van der Waals surface area contributed by atoms with E-state index in [1.54, 1.807) is 54.6 Å². The summed E-state index contributed by atoms with van der Waals surface area (Å²) in [5, 5.41) is 22.9. The normalized spacial score (nSPS) is 11.5. The molecule has 0 amide bonds. The van der Waals surface area contributed by atoms with Crippen molar-refractivity contribution < 1.29 is 19.0 Å². The molecule has 0 saturated carbocycles. The van der Waals surface area contributed by atoms with Crippen LogP contribution in [-0.4, -0.2) is 15.2 Å². The number of pyridine rings is 1. The van der Waals surface area contributed by atoms with Crippen molar-refractivity contribution in [2.24, 2.45) is 0 Å². The average molecular weight is 441 g/mol. The number of aromatic nitrogens is 1. The monoisotopic (exact) mass is 441 g/mol. The lowest BCUT2D eigenvalue weighted by atomic mass is 9.87. The Morgan fingerprint density at radius 1 is 0.758 bits per heavy atom. The van der Waals surface area contributed by atoms with Gasteiger partial charge in [-0.15, -0.1) is 0 Å². The second-order valence-electron chi connectivity index (χ2n) is 7.99. The summed E-state index contributed by atoms with van der Waals surface area (Å²) in [5.41, 5.74) is 0.286. The highest BCUT2D eigenvalue weighted by Crippen LogP contribution is 2.41. The van der Waals surface area contributed by atoms with Gasteiger partial charge in [-0.2, -0.15) is 0 Å². The van der Waals surface area contributed by atoms with E-state index in [1.165, 1.54) is 6.20 Å². The Hall–Kier alpha value is -4.39. The molecule has 164 valence electrons. The van der Waals surface area contributed by atoms with Crippen LogP contribution in [0.2, 0.25) is 0 Å². The van der Waals surface area contributed by atoms with Gasteiger partial charge in [0.05, 0.1) is 33.5 Å². The smallest absolute Gasteiger partial charge is 0.344 e. The molecule has 3 heterocycles. The molecule has 0 unspecified atom stereocenters. The van der Waals surface area contributed by atoms with Gasteiger partial charge in [-0.3, -0.25) is 4.98 Å². The first kappa shape index (κ1) is 20.5. The molecule has 0 radical (unpaired) electrons. The summed E-state index contributed by atoms with van der Waals surface area (Å²) in [6.45, 7) is 3.67. The van der Waals surface area contributed by atoms with E-state index in [2.05, 4.69) is 4.98 Å². The van der Waals surface area contributed by atoms with Gasteiger partial charge in [0.1, 0.15) is 22.7 Å². The molecule has 2 N–H and O–H groups in total. The quantitative estimate of drug-likeness (QED) is 0.396. The van der Waals surface area contributed by atoms with Crippen LogP contribution in [0.3, 0.4) is 0 Å². The lowest BCUT2D eigenvalue weighted by Gasteiger charge is -2.19. The van der Waals surface area contributed by atoms with Crippen LogP contribution >= 0.6 is 0 Å². The van der Waals surface area contributed by atoms with Crippen LogP contribution in [0, 0.1) is 13.8 Å². The summed E-state index contributed by atoms with van der Waals surface area (Å²) in [5.74, 6) is -1.92. The minimum Gasteiger partial charge on any atom is -0.507 e. The molecule has 0 bridgehead atoms. The lowest BCUT2D eigenvalue weighted by molar-refractivity contribution is 0.440. The molecule has 0 saturated heterocycles. The zero-order chi connectivity index (χ0) is 23.3. The molecule has 0 aliphatic heterocycles. The van der Waals surface area contributed by atoms with Crippen LogP contribution in [0.25, 0.3) is 21.9 Å². The van der Waals surface area contributed by atoms with Crippen molar-refractivity contribution in [3.63, 3.8) is 0 Å². The molecule has 0 aliphatic rings. The van der Waals surface area contributed by atoms with E-state index in [-0.39, 0.29) is 39.5 Å². The highest BCUT2D eigenvalue weighted by atomic mass is 16.4. The first-order valence-electron chi connectivity index (χ1n) is 10.3. The Kier molecular flexibility index (Phi) is 4.74. The molecule has 0 aliphatic carbocycles. The molecule has 7 nitrogen and oxygen atoms in total. The number of nitrogens with zero attached hydrogens (tertiary/aromatic N) is 1. The van der Waals surface area contributed by atoms with E-state index >= 15 is 0 Å². The Morgan fingerprint density at radius 3 is 1.73 bits per heavy atom. The molecule has 5 aromatic rings. The number of aryl methyl sites for hydroxylation is 2. The van der Waals surface area contributed by atoms with Gasteiger partial charge < -0.3 is 19.0 Å². The minimum atomic E-state index is -1.23. The van der Waals surface area contributed by atoms with Crippen molar-refractivity contribution in [1.82, 2.24) is 4.98 Å². The second kappa shape index (κ2) is 7.63. The maximum Gasteiger partial charge on any atom is 0.344 e. The standard InChI is InChI=1S/C26H19NO6/c1-13-6-8-15-18(11-13)32-25(30)21(23(15)28)20(17-5-3-4-10-27-17)22-24(29)16-9-7-14(2)12-19(16)33-26(22)31/h3-12,20,28-29H,1-2H3. The van der Waals surface area contributed by atoms with E-state index in [0.29, 0.717) is 10.8 Å². The van der Waals surface area contributed by atoms with Crippen molar-refractivity contribution in [2.45, 2.75) is 19.8 Å². The van der Waals surface area contributed by atoms with Gasteiger partial charge in [-0.05, 0) is 61.4 Å². The molecule has 2 aromatic carbocycles. The summed E-state index contributed by atoms with van der Waals surface area (Å²) < 4.78 is 11.0. The first-order chi connectivity index (χ1) is 15.8. The zero-order valence-electron chi connectivity index (χ0n) is 17.8. The van der Waals surface area contributed by atoms with Crippen molar-refractivity contribution >= 4 is 21.9 Å². The summed E-state index contributed by atoms with van der Waals surface area (Å²) in [7, 11) is 0. The molecular weight excluding hydrogens is 422 g/mol. The van der Waals surface area contributed by atoms with Crippen molar-refractivity contribution in [3.05, 3.63) is 110 Å². The predicted molar refractivity (Wildman–Crippen MR) is 123 cm³/mol. The molecule has 0 fully saturated rings. The lowest BCUT2D eigenvalue weighted by Crippen LogP contribution is -2.22. The fraction of sp³-hybridized carbons (Fsp3) is 0.115. The highest BCUT2D eigenvalue weighted by molar-refractivity contribution is 5.87. The van der Waals surface area contributed by atoms with Crippen LogP contribution in [0.15, 0.2) is 79.2 Å². The van der Waals surface area contributed by atoms with Crippen molar-refractivity contribution in [2.75, 3.05) is 0 Å². The number of benzene rings is 2. The van der Waals surface area contributed by atoms with Gasteiger partial charge in [0.2, 0.25) is 0 Å². The van der Waals surface area contributed by atoms with E-state index in [4.69, 9.17) is 8.83 Å². The van der Waals surface area contributed by atoms with Crippen LogP contribution in [-0.2, 0) is 0 Å². The highest BCUT2D eigenvalue weighted by Gasteiger charge is 2.33. The first-order valence-corrected chi connectivity index (χ1v) is 10.3. The SMILES string of the molecule is Cc1ccc2c(O)c(C(c3ccccn3)c3c(O)c4ccc(C)cc4oc3=O)c(=O)oc2c1. The van der Waals surface area contributed by atoms with E-state index < -0.39 is 17.2 Å². The van der Waals surface area contributed by atoms with Gasteiger partial charge in [0.25, 0.3) is 0 Å². The number of rotatable bonds is 3. The van der Waals surface area contributed by atoms with Gasteiger partial charge in [0.15, 0.2) is 0 Å². The van der Waals surface area contributed by atoms with Gasteiger partial charge in [-0.1, -0.05) is 18.2 Å². The van der Waals surface area contributed by atoms with E-state index in [9.17, 15) is 19.8 Å². The van der Waals surface area contributed by atoms with Gasteiger partial charge >= 0.3 is 11.3 Å². The van der Waals surface area contributed by atoms with Crippen LogP contribution in [0.4, 0.5) is 0 Å². The summed E-state index contributed by atoms with van der Waals surface area (Å²) in [6.07, 6.45) is 1.49. The molecule has 7 heteroatoms. The fourth-order valence-corrected chi connectivity index (χ4v) is 4.11. The summed E-state index contributed by atoms with van der Waals surface area (Å²) in [6, 6.07) is 15.0. The number of aromatic hydroxyl groups is 2. The van der Waals surface area contributed by atoms with Crippen LogP contribution in [0.5, 0.6) is 11.5 Å². The molecule has 0 spiro atoms. The van der Waals surface area contributed by atoms with Gasteiger partial charge in [0, 0.05) is 6.20 Å². The van der Waals surface area contributed by atoms with Crippen LogP contribution in [0.1, 0.15) is 33.9 Å². The third-order valence-corrected chi connectivity index (χ3v) is 5.70. The summed E-state index contributed by atoms with van der Waals surface area (Å²) in [4.78, 5) is 30.5. The maximum absolute atomic E-state index is 13.1. The topological polar surface area (TPSA) is 114 Å². The maximum atomic E-state index is 13.1. The zero-order valence-corrected chi connectivity index (χ0v) is 17.8. The molecule has 33 heavy (non-hydrogen) atoms. The third-order valence-electron chi connectivity index (χ3n) is 5.70. The Labute approximate surface area is 187 Å².